The Kier molecular flexibility index (Phi) is 5.18. The fourth-order valence-electron chi connectivity index (χ4n) is 2.51. The van der Waals surface area contributed by atoms with Crippen molar-refractivity contribution in [2.75, 3.05) is 6.79 Å². The zero-order valence-electron chi connectivity index (χ0n) is 13.7. The van der Waals surface area contributed by atoms with Crippen LogP contribution in [0.15, 0.2) is 23.6 Å². The molecule has 2 heterocycles. The highest BCUT2D eigenvalue weighted by Gasteiger charge is 2.20. The summed E-state index contributed by atoms with van der Waals surface area (Å²) in [5, 5.41) is 14.2. The summed E-state index contributed by atoms with van der Waals surface area (Å²) >= 11 is 1.42. The van der Waals surface area contributed by atoms with Crippen molar-refractivity contribution in [2.45, 2.75) is 32.2 Å². The van der Waals surface area contributed by atoms with E-state index in [-0.39, 0.29) is 19.1 Å². The van der Waals surface area contributed by atoms with E-state index in [4.69, 9.17) is 14.6 Å². The molecule has 0 spiro atoms. The number of benzene rings is 1. The third kappa shape index (κ3) is 4.08. The Hall–Kier alpha value is -2.61. The molecule has 1 aliphatic heterocycles. The zero-order chi connectivity index (χ0) is 17.8. The molecule has 1 aromatic heterocycles. The molecular weight excluding hydrogens is 344 g/mol. The lowest BCUT2D eigenvalue weighted by molar-refractivity contribution is -0.141. The van der Waals surface area contributed by atoms with Crippen molar-refractivity contribution in [3.05, 3.63) is 29.3 Å². The summed E-state index contributed by atoms with van der Waals surface area (Å²) < 4.78 is 10.6. The smallest absolute Gasteiger partial charge is 0.326 e. The van der Waals surface area contributed by atoms with Crippen LogP contribution in [-0.2, 0) is 16.0 Å². The van der Waals surface area contributed by atoms with Crippen molar-refractivity contribution in [2.24, 2.45) is 0 Å². The lowest BCUT2D eigenvalue weighted by atomic mass is 10.1. The lowest BCUT2D eigenvalue weighted by Gasteiger charge is -2.12. The number of rotatable bonds is 7. The molecule has 1 atom stereocenters. The molecule has 8 heteroatoms. The molecule has 1 aromatic carbocycles. The quantitative estimate of drug-likeness (QED) is 0.785. The van der Waals surface area contributed by atoms with Crippen LogP contribution in [0, 0.1) is 0 Å². The molecule has 0 saturated heterocycles. The molecule has 0 radical (unpaired) electrons. The van der Waals surface area contributed by atoms with Crippen LogP contribution in [0.5, 0.6) is 11.5 Å². The van der Waals surface area contributed by atoms with Gasteiger partial charge in [0.25, 0.3) is 0 Å². The van der Waals surface area contributed by atoms with E-state index >= 15 is 0 Å². The highest BCUT2D eigenvalue weighted by molar-refractivity contribution is 7.13. The number of aromatic nitrogens is 1. The van der Waals surface area contributed by atoms with Crippen LogP contribution in [0.1, 0.15) is 25.5 Å². The van der Waals surface area contributed by atoms with E-state index in [2.05, 4.69) is 10.3 Å². The molecule has 3 rings (SSSR count). The second-order valence-electron chi connectivity index (χ2n) is 5.64. The lowest BCUT2D eigenvalue weighted by Crippen LogP contribution is -2.41. The fourth-order valence-corrected chi connectivity index (χ4v) is 3.32. The number of hydrogen-bond donors (Lipinski definition) is 2. The molecule has 2 aromatic rings. The Morgan fingerprint density at radius 2 is 2.16 bits per heavy atom. The summed E-state index contributed by atoms with van der Waals surface area (Å²) in [5.41, 5.74) is 1.49. The van der Waals surface area contributed by atoms with Gasteiger partial charge in [0.15, 0.2) is 11.5 Å². The van der Waals surface area contributed by atoms with Crippen molar-refractivity contribution in [3.8, 4) is 22.1 Å². The third-order valence-electron chi connectivity index (χ3n) is 3.72. The maximum Gasteiger partial charge on any atom is 0.326 e. The molecule has 2 N–H and O–H groups in total. The molecule has 0 fully saturated rings. The molecular formula is C17H18N2O5S. The Labute approximate surface area is 148 Å². The fraction of sp³-hybridized carbons (Fsp3) is 0.353. The van der Waals surface area contributed by atoms with Crippen molar-refractivity contribution in [1.82, 2.24) is 10.3 Å². The van der Waals surface area contributed by atoms with Gasteiger partial charge in [0.2, 0.25) is 12.7 Å². The number of amides is 1. The molecule has 0 aliphatic carbocycles. The molecule has 1 unspecified atom stereocenters. The van der Waals surface area contributed by atoms with Gasteiger partial charge in [0.05, 0.1) is 12.1 Å². The summed E-state index contributed by atoms with van der Waals surface area (Å²) in [6, 6.07) is 4.71. The summed E-state index contributed by atoms with van der Waals surface area (Å²) in [6.07, 6.45) is 1.14. The van der Waals surface area contributed by atoms with Gasteiger partial charge >= 0.3 is 5.97 Å². The topological polar surface area (TPSA) is 97.8 Å². The Balaban J connectivity index is 1.65. The number of thiazole rings is 1. The minimum Gasteiger partial charge on any atom is -0.480 e. The van der Waals surface area contributed by atoms with Crippen molar-refractivity contribution < 1.29 is 24.2 Å². The van der Waals surface area contributed by atoms with Gasteiger partial charge in [-0.3, -0.25) is 4.79 Å². The highest BCUT2D eigenvalue weighted by atomic mass is 32.1. The van der Waals surface area contributed by atoms with Crippen LogP contribution in [0.3, 0.4) is 0 Å². The van der Waals surface area contributed by atoms with Gasteiger partial charge in [0.1, 0.15) is 11.0 Å². The number of carboxylic acids is 1. The standard InChI is InChI=1S/C17H18N2O5S/c1-2-3-12(17(21)22)19-15(20)7-11-8-25-16(18-11)10-4-5-13-14(6-10)24-9-23-13/h4-6,8,12H,2-3,7,9H2,1H3,(H,19,20)(H,21,22). The van der Waals surface area contributed by atoms with Gasteiger partial charge < -0.3 is 19.9 Å². The van der Waals surface area contributed by atoms with E-state index in [0.717, 1.165) is 10.6 Å². The second kappa shape index (κ2) is 7.52. The van der Waals surface area contributed by atoms with E-state index in [1.165, 1.54) is 11.3 Å². The zero-order valence-corrected chi connectivity index (χ0v) is 14.5. The van der Waals surface area contributed by atoms with E-state index in [1.54, 1.807) is 5.38 Å². The van der Waals surface area contributed by atoms with E-state index < -0.39 is 12.0 Å². The first-order valence-corrected chi connectivity index (χ1v) is 8.81. The van der Waals surface area contributed by atoms with Gasteiger partial charge in [-0.15, -0.1) is 11.3 Å². The van der Waals surface area contributed by atoms with Gasteiger partial charge in [-0.1, -0.05) is 13.3 Å². The average Bonchev–Trinajstić information content (AvgIpc) is 3.22. The molecule has 25 heavy (non-hydrogen) atoms. The second-order valence-corrected chi connectivity index (χ2v) is 6.49. The maximum atomic E-state index is 12.1. The molecule has 132 valence electrons. The Morgan fingerprint density at radius 3 is 2.92 bits per heavy atom. The summed E-state index contributed by atoms with van der Waals surface area (Å²) in [5.74, 6) is 0.0179. The molecule has 1 amide bonds. The van der Waals surface area contributed by atoms with Gasteiger partial charge in [0, 0.05) is 10.9 Å². The van der Waals surface area contributed by atoms with E-state index in [0.29, 0.717) is 30.0 Å². The van der Waals surface area contributed by atoms with Crippen molar-refractivity contribution in [3.63, 3.8) is 0 Å². The minimum atomic E-state index is -1.02. The van der Waals surface area contributed by atoms with Crippen LogP contribution in [-0.4, -0.2) is 34.8 Å². The number of hydrogen-bond acceptors (Lipinski definition) is 6. The molecule has 1 aliphatic rings. The van der Waals surface area contributed by atoms with Gasteiger partial charge in [-0.05, 0) is 24.6 Å². The van der Waals surface area contributed by atoms with Crippen LogP contribution in [0.25, 0.3) is 10.6 Å². The first-order valence-electron chi connectivity index (χ1n) is 7.93. The largest absolute Gasteiger partial charge is 0.480 e. The number of fused-ring (bicyclic) bond motifs is 1. The van der Waals surface area contributed by atoms with Crippen LogP contribution in [0.2, 0.25) is 0 Å². The normalized spacial score (nSPS) is 13.5. The van der Waals surface area contributed by atoms with Gasteiger partial charge in [-0.2, -0.15) is 0 Å². The van der Waals surface area contributed by atoms with Crippen molar-refractivity contribution >= 4 is 23.2 Å². The monoisotopic (exact) mass is 362 g/mol. The Bertz CT molecular complexity index is 789. The molecule has 0 saturated carbocycles. The number of carboxylic acid groups (broad SMARTS) is 1. The van der Waals surface area contributed by atoms with E-state index in [9.17, 15) is 9.59 Å². The summed E-state index contributed by atoms with van der Waals surface area (Å²) in [4.78, 5) is 27.6. The molecule has 7 nitrogen and oxygen atoms in total. The average molecular weight is 362 g/mol. The SMILES string of the molecule is CCCC(NC(=O)Cc1csc(-c2ccc3c(c2)OCO3)n1)C(=O)O. The third-order valence-corrected chi connectivity index (χ3v) is 4.66. The number of carbonyl (C=O) groups excluding carboxylic acids is 1. The first-order chi connectivity index (χ1) is 12.1. The minimum absolute atomic E-state index is 0.0501. The number of nitrogens with one attached hydrogen (secondary N) is 1. The van der Waals surface area contributed by atoms with Crippen molar-refractivity contribution in [1.29, 1.82) is 0 Å². The van der Waals surface area contributed by atoms with E-state index in [1.807, 2.05) is 25.1 Å². The number of nitrogens with zero attached hydrogens (tertiary/aromatic N) is 1. The van der Waals surface area contributed by atoms with Gasteiger partial charge in [-0.25, -0.2) is 9.78 Å². The molecule has 0 bridgehead atoms. The Morgan fingerprint density at radius 1 is 1.36 bits per heavy atom. The van der Waals surface area contributed by atoms with Crippen LogP contribution in [0.4, 0.5) is 0 Å². The number of ether oxygens (including phenoxy) is 2. The first kappa shape index (κ1) is 17.2. The van der Waals surface area contributed by atoms with Crippen LogP contribution >= 0.6 is 11.3 Å². The summed E-state index contributed by atoms with van der Waals surface area (Å²) in [7, 11) is 0. The predicted molar refractivity (Wildman–Crippen MR) is 91.9 cm³/mol. The number of aliphatic carboxylic acids is 1. The summed E-state index contributed by atoms with van der Waals surface area (Å²) in [6.45, 7) is 2.09. The predicted octanol–water partition coefficient (Wildman–Crippen LogP) is 2.45. The number of carbonyl (C=O) groups is 2. The van der Waals surface area contributed by atoms with Crippen LogP contribution < -0.4 is 14.8 Å². The maximum absolute atomic E-state index is 12.1. The highest BCUT2D eigenvalue weighted by Crippen LogP contribution is 2.36.